The van der Waals surface area contributed by atoms with Crippen molar-refractivity contribution in [2.24, 2.45) is 5.84 Å². The molecule has 36 heavy (non-hydrogen) atoms. The van der Waals surface area contributed by atoms with Crippen LogP contribution in [-0.4, -0.2) is 23.7 Å². The molecule has 1 fully saturated rings. The molecule has 0 aliphatic heterocycles. The van der Waals surface area contributed by atoms with Crippen LogP contribution in [0.1, 0.15) is 37.8 Å². The lowest BCUT2D eigenvalue weighted by Gasteiger charge is -2.30. The van der Waals surface area contributed by atoms with E-state index in [0.29, 0.717) is 24.9 Å². The van der Waals surface area contributed by atoms with Gasteiger partial charge in [-0.15, -0.1) is 0 Å². The van der Waals surface area contributed by atoms with E-state index in [4.69, 9.17) is 16.3 Å². The SMILES string of the molecule is CCOc1ccc2c(c1)c(N)c(-c1ccc(N(N)C(=O)NCCc3ccccc3)cc1)n2C1CCC1. The van der Waals surface area contributed by atoms with Crippen LogP contribution in [0.15, 0.2) is 72.8 Å². The summed E-state index contributed by atoms with van der Waals surface area (Å²) in [7, 11) is 0. The second-order valence-electron chi connectivity index (χ2n) is 9.21. The summed E-state index contributed by atoms with van der Waals surface area (Å²) < 4.78 is 8.09. The molecule has 0 bridgehead atoms. The Morgan fingerprint density at radius 2 is 1.83 bits per heavy atom. The molecule has 1 aliphatic rings. The fraction of sp³-hybridized carbons (Fsp3) is 0.276. The molecule has 1 saturated carbocycles. The molecule has 7 nitrogen and oxygen atoms in total. The monoisotopic (exact) mass is 483 g/mol. The van der Waals surface area contributed by atoms with Gasteiger partial charge in [0.2, 0.25) is 0 Å². The second-order valence-corrected chi connectivity index (χ2v) is 9.21. The van der Waals surface area contributed by atoms with Gasteiger partial charge in [-0.25, -0.2) is 15.6 Å². The number of ether oxygens (including phenoxy) is 1. The van der Waals surface area contributed by atoms with Crippen LogP contribution in [0.2, 0.25) is 0 Å². The summed E-state index contributed by atoms with van der Waals surface area (Å²) in [6.07, 6.45) is 4.25. The van der Waals surface area contributed by atoms with Crippen molar-refractivity contribution in [1.82, 2.24) is 9.88 Å². The smallest absolute Gasteiger partial charge is 0.336 e. The van der Waals surface area contributed by atoms with Crippen molar-refractivity contribution < 1.29 is 9.53 Å². The van der Waals surface area contributed by atoms with Crippen LogP contribution in [0.5, 0.6) is 5.75 Å². The van der Waals surface area contributed by atoms with Gasteiger partial charge in [-0.1, -0.05) is 42.5 Å². The van der Waals surface area contributed by atoms with Gasteiger partial charge in [-0.05, 0) is 68.5 Å². The molecule has 3 aromatic carbocycles. The first-order valence-corrected chi connectivity index (χ1v) is 12.6. The predicted molar refractivity (Wildman–Crippen MR) is 146 cm³/mol. The summed E-state index contributed by atoms with van der Waals surface area (Å²) in [5.74, 6) is 6.95. The third kappa shape index (κ3) is 4.62. The van der Waals surface area contributed by atoms with Gasteiger partial charge in [0, 0.05) is 23.5 Å². The fourth-order valence-electron chi connectivity index (χ4n) is 4.83. The largest absolute Gasteiger partial charge is 0.494 e. The minimum absolute atomic E-state index is 0.342. The van der Waals surface area contributed by atoms with E-state index in [0.717, 1.165) is 57.9 Å². The summed E-state index contributed by atoms with van der Waals surface area (Å²) in [5.41, 5.74) is 12.4. The lowest BCUT2D eigenvalue weighted by atomic mass is 9.92. The molecule has 0 spiro atoms. The molecule has 4 aromatic rings. The van der Waals surface area contributed by atoms with Crippen LogP contribution in [-0.2, 0) is 6.42 Å². The summed E-state index contributed by atoms with van der Waals surface area (Å²) in [5, 5.41) is 5.03. The Hall–Kier alpha value is -3.97. The number of carbonyl (C=O) groups is 1. The van der Waals surface area contributed by atoms with E-state index in [1.54, 1.807) is 0 Å². The van der Waals surface area contributed by atoms with Crippen LogP contribution < -0.4 is 26.6 Å². The molecule has 1 heterocycles. The molecule has 5 rings (SSSR count). The Morgan fingerprint density at radius 1 is 1.08 bits per heavy atom. The number of urea groups is 1. The van der Waals surface area contributed by atoms with Gasteiger partial charge in [-0.2, -0.15) is 0 Å². The Morgan fingerprint density at radius 3 is 2.50 bits per heavy atom. The maximum absolute atomic E-state index is 12.6. The number of hydrogen-bond donors (Lipinski definition) is 3. The molecule has 5 N–H and O–H groups in total. The summed E-state index contributed by atoms with van der Waals surface area (Å²) in [4.78, 5) is 12.6. The average molecular weight is 484 g/mol. The van der Waals surface area contributed by atoms with Crippen LogP contribution in [0, 0.1) is 0 Å². The molecule has 0 radical (unpaired) electrons. The summed E-state index contributed by atoms with van der Waals surface area (Å²) in [6.45, 7) is 3.10. The maximum atomic E-state index is 12.6. The van der Waals surface area contributed by atoms with Crippen LogP contribution in [0.4, 0.5) is 16.2 Å². The van der Waals surface area contributed by atoms with Crippen LogP contribution in [0.3, 0.4) is 0 Å². The second kappa shape index (κ2) is 10.3. The summed E-state index contributed by atoms with van der Waals surface area (Å²) >= 11 is 0. The highest BCUT2D eigenvalue weighted by molar-refractivity contribution is 6.02. The zero-order chi connectivity index (χ0) is 25.1. The number of carbonyl (C=O) groups excluding carboxylic acids is 1. The topological polar surface area (TPSA) is 98.5 Å². The molecule has 0 saturated heterocycles. The molecule has 186 valence electrons. The first-order chi connectivity index (χ1) is 17.6. The van der Waals surface area contributed by atoms with Crippen molar-refractivity contribution in [1.29, 1.82) is 0 Å². The van der Waals surface area contributed by atoms with E-state index in [-0.39, 0.29) is 6.03 Å². The Balaban J connectivity index is 1.37. The highest BCUT2D eigenvalue weighted by Gasteiger charge is 2.27. The van der Waals surface area contributed by atoms with Gasteiger partial charge in [-0.3, -0.25) is 0 Å². The van der Waals surface area contributed by atoms with Gasteiger partial charge in [0.15, 0.2) is 0 Å². The van der Waals surface area contributed by atoms with Gasteiger partial charge in [0.25, 0.3) is 0 Å². The van der Waals surface area contributed by atoms with E-state index >= 15 is 0 Å². The lowest BCUT2D eigenvalue weighted by molar-refractivity contribution is 0.246. The van der Waals surface area contributed by atoms with E-state index < -0.39 is 0 Å². The number of amides is 2. The number of nitrogens with one attached hydrogen (secondary N) is 1. The molecule has 2 amide bonds. The third-order valence-electron chi connectivity index (χ3n) is 6.94. The number of nitrogens with two attached hydrogens (primary N) is 2. The number of nitrogen functional groups attached to an aromatic ring is 1. The minimum Gasteiger partial charge on any atom is -0.494 e. The number of aromatic nitrogens is 1. The zero-order valence-electron chi connectivity index (χ0n) is 20.6. The average Bonchev–Trinajstić information content (AvgIpc) is 3.15. The number of benzene rings is 3. The van der Waals surface area contributed by atoms with Crippen molar-refractivity contribution >= 4 is 28.3 Å². The quantitative estimate of drug-likeness (QED) is 0.171. The highest BCUT2D eigenvalue weighted by Crippen LogP contribution is 2.45. The maximum Gasteiger partial charge on any atom is 0.336 e. The molecular formula is C29H33N5O2. The van der Waals surface area contributed by atoms with Crippen molar-refractivity contribution in [3.8, 4) is 17.0 Å². The third-order valence-corrected chi connectivity index (χ3v) is 6.94. The molecular weight excluding hydrogens is 450 g/mol. The van der Waals surface area contributed by atoms with Gasteiger partial charge >= 0.3 is 6.03 Å². The Labute approximate surface area is 211 Å². The normalized spacial score (nSPS) is 13.4. The van der Waals surface area contributed by atoms with Crippen molar-refractivity contribution in [2.75, 3.05) is 23.9 Å². The van der Waals surface area contributed by atoms with Crippen LogP contribution in [0.25, 0.3) is 22.2 Å². The number of nitrogens with zero attached hydrogens (tertiary/aromatic N) is 2. The van der Waals surface area contributed by atoms with Crippen molar-refractivity contribution in [3.63, 3.8) is 0 Å². The standard InChI is InChI=1S/C29H33N5O2/c1-2-36-24-15-16-26-25(19-24)27(30)28(33(26)22-9-6-10-22)21-11-13-23(14-12-21)34(31)29(35)32-18-17-20-7-4-3-5-8-20/h3-5,7-8,11-16,19,22H,2,6,9-10,17-18,30-31H2,1H3,(H,32,35). The molecule has 1 aromatic heterocycles. The van der Waals surface area contributed by atoms with E-state index in [2.05, 4.69) is 16.0 Å². The lowest BCUT2D eigenvalue weighted by Crippen LogP contribution is -2.45. The molecule has 0 atom stereocenters. The minimum atomic E-state index is -0.342. The number of hydrogen-bond acceptors (Lipinski definition) is 4. The first-order valence-electron chi connectivity index (χ1n) is 12.6. The number of anilines is 2. The Bertz CT molecular complexity index is 1340. The molecule has 0 unspecified atom stereocenters. The number of hydrazine groups is 1. The highest BCUT2D eigenvalue weighted by atomic mass is 16.5. The molecule has 7 heteroatoms. The first kappa shape index (κ1) is 23.8. The van der Waals surface area contributed by atoms with Gasteiger partial charge in [0.1, 0.15) is 5.75 Å². The zero-order valence-corrected chi connectivity index (χ0v) is 20.6. The Kier molecular flexibility index (Phi) is 6.82. The summed E-state index contributed by atoms with van der Waals surface area (Å²) in [6, 6.07) is 24.0. The number of rotatable bonds is 8. The van der Waals surface area contributed by atoms with Crippen molar-refractivity contribution in [3.05, 3.63) is 78.4 Å². The predicted octanol–water partition coefficient (Wildman–Crippen LogP) is 5.65. The van der Waals surface area contributed by atoms with Gasteiger partial charge in [0.05, 0.1) is 29.2 Å². The van der Waals surface area contributed by atoms with Crippen molar-refractivity contribution in [2.45, 2.75) is 38.6 Å². The van der Waals surface area contributed by atoms with Gasteiger partial charge < -0.3 is 20.4 Å². The van der Waals surface area contributed by atoms with Crippen LogP contribution >= 0.6 is 0 Å². The number of fused-ring (bicyclic) bond motifs is 1. The fourth-order valence-corrected chi connectivity index (χ4v) is 4.83. The molecule has 1 aliphatic carbocycles. The van der Waals surface area contributed by atoms with E-state index in [9.17, 15) is 4.79 Å². The van der Waals surface area contributed by atoms with E-state index in [1.165, 1.54) is 12.0 Å². The van der Waals surface area contributed by atoms with E-state index in [1.807, 2.05) is 73.7 Å².